The Labute approximate surface area is 114 Å². The molecule has 2 rings (SSSR count). The number of hydrogen-bond donors (Lipinski definition) is 1. The third-order valence-electron chi connectivity index (χ3n) is 3.49. The standard InChI is InChI=1S/C15H22N2O2/c1-3-17(11-13-7-5-4-6-8-13)15(18)14-12(2)19-10-9-16-14/h4-8,12,14,16H,3,9-11H2,1-2H3/t12-,14+/m1/s1. The molecule has 1 saturated heterocycles. The maximum Gasteiger partial charge on any atom is 0.242 e. The summed E-state index contributed by atoms with van der Waals surface area (Å²) in [5.74, 6) is 0.124. The van der Waals surface area contributed by atoms with Crippen LogP contribution in [0.15, 0.2) is 30.3 Å². The van der Waals surface area contributed by atoms with Crippen molar-refractivity contribution in [2.45, 2.75) is 32.5 Å². The van der Waals surface area contributed by atoms with E-state index in [0.717, 1.165) is 12.1 Å². The molecule has 0 aliphatic carbocycles. The lowest BCUT2D eigenvalue weighted by molar-refractivity contribution is -0.139. The Morgan fingerprint density at radius 3 is 2.79 bits per heavy atom. The zero-order chi connectivity index (χ0) is 13.7. The molecule has 0 unspecified atom stereocenters. The van der Waals surface area contributed by atoms with E-state index in [4.69, 9.17) is 4.74 Å². The van der Waals surface area contributed by atoms with Gasteiger partial charge in [-0.3, -0.25) is 4.79 Å². The van der Waals surface area contributed by atoms with Crippen LogP contribution in [0.3, 0.4) is 0 Å². The molecule has 19 heavy (non-hydrogen) atoms. The van der Waals surface area contributed by atoms with Gasteiger partial charge in [-0.15, -0.1) is 0 Å². The van der Waals surface area contributed by atoms with Crippen molar-refractivity contribution in [2.24, 2.45) is 0 Å². The van der Waals surface area contributed by atoms with E-state index in [1.165, 1.54) is 0 Å². The van der Waals surface area contributed by atoms with Crippen LogP contribution in [0.5, 0.6) is 0 Å². The normalized spacial score (nSPS) is 23.1. The monoisotopic (exact) mass is 262 g/mol. The molecule has 1 aliphatic heterocycles. The molecule has 1 heterocycles. The highest BCUT2D eigenvalue weighted by molar-refractivity contribution is 5.82. The number of ether oxygens (including phenoxy) is 1. The van der Waals surface area contributed by atoms with E-state index in [9.17, 15) is 4.79 Å². The molecule has 1 amide bonds. The molecule has 0 bridgehead atoms. The number of amides is 1. The highest BCUT2D eigenvalue weighted by Gasteiger charge is 2.31. The summed E-state index contributed by atoms with van der Waals surface area (Å²) < 4.78 is 5.55. The molecular weight excluding hydrogens is 240 g/mol. The van der Waals surface area contributed by atoms with Crippen LogP contribution in [-0.2, 0) is 16.1 Å². The summed E-state index contributed by atoms with van der Waals surface area (Å²) in [5.41, 5.74) is 1.15. The quantitative estimate of drug-likeness (QED) is 0.892. The van der Waals surface area contributed by atoms with Gasteiger partial charge in [0.1, 0.15) is 6.04 Å². The number of carbonyl (C=O) groups excluding carboxylic acids is 1. The van der Waals surface area contributed by atoms with Crippen LogP contribution in [0.1, 0.15) is 19.4 Å². The predicted octanol–water partition coefficient (Wildman–Crippen LogP) is 1.41. The fraction of sp³-hybridized carbons (Fsp3) is 0.533. The van der Waals surface area contributed by atoms with Gasteiger partial charge in [-0.2, -0.15) is 0 Å². The van der Waals surface area contributed by atoms with Crippen molar-refractivity contribution in [3.05, 3.63) is 35.9 Å². The summed E-state index contributed by atoms with van der Waals surface area (Å²) in [5, 5.41) is 3.25. The van der Waals surface area contributed by atoms with Gasteiger partial charge in [-0.25, -0.2) is 0 Å². The van der Waals surface area contributed by atoms with Gasteiger partial charge in [-0.1, -0.05) is 30.3 Å². The zero-order valence-corrected chi connectivity index (χ0v) is 11.6. The number of nitrogens with zero attached hydrogens (tertiary/aromatic N) is 1. The van der Waals surface area contributed by atoms with Gasteiger partial charge in [-0.05, 0) is 19.4 Å². The molecule has 0 aromatic heterocycles. The van der Waals surface area contributed by atoms with Gasteiger partial charge in [0, 0.05) is 19.6 Å². The van der Waals surface area contributed by atoms with Crippen molar-refractivity contribution < 1.29 is 9.53 Å². The van der Waals surface area contributed by atoms with Crippen LogP contribution >= 0.6 is 0 Å². The van der Waals surface area contributed by atoms with Crippen LogP contribution < -0.4 is 5.32 Å². The third kappa shape index (κ3) is 3.55. The van der Waals surface area contributed by atoms with Gasteiger partial charge < -0.3 is 15.0 Å². The molecule has 4 nitrogen and oxygen atoms in total. The maximum absolute atomic E-state index is 12.5. The summed E-state index contributed by atoms with van der Waals surface area (Å²) in [4.78, 5) is 14.4. The molecular formula is C15H22N2O2. The number of morpholine rings is 1. The molecule has 1 aromatic carbocycles. The minimum atomic E-state index is -0.225. The number of nitrogens with one attached hydrogen (secondary N) is 1. The Hall–Kier alpha value is -1.39. The van der Waals surface area contributed by atoms with Crippen LogP contribution in [0.2, 0.25) is 0 Å². The van der Waals surface area contributed by atoms with E-state index < -0.39 is 0 Å². The summed E-state index contributed by atoms with van der Waals surface area (Å²) in [6, 6.07) is 9.85. The van der Waals surface area contributed by atoms with Crippen molar-refractivity contribution in [1.82, 2.24) is 10.2 Å². The second-order valence-electron chi connectivity index (χ2n) is 4.85. The van der Waals surface area contributed by atoms with Crippen molar-refractivity contribution in [2.75, 3.05) is 19.7 Å². The van der Waals surface area contributed by atoms with Crippen molar-refractivity contribution in [3.8, 4) is 0 Å². The van der Waals surface area contributed by atoms with E-state index in [-0.39, 0.29) is 18.1 Å². The largest absolute Gasteiger partial charge is 0.375 e. The molecule has 2 atom stereocenters. The lowest BCUT2D eigenvalue weighted by Gasteiger charge is -2.33. The molecule has 4 heteroatoms. The average Bonchev–Trinajstić information content (AvgIpc) is 2.46. The van der Waals surface area contributed by atoms with Gasteiger partial charge in [0.2, 0.25) is 5.91 Å². The number of carbonyl (C=O) groups is 1. The number of likely N-dealkylation sites (N-methyl/N-ethyl adjacent to an activating group) is 1. The van der Waals surface area contributed by atoms with Crippen LogP contribution in [0.4, 0.5) is 0 Å². The minimum absolute atomic E-state index is 0.0638. The second-order valence-corrected chi connectivity index (χ2v) is 4.85. The SMILES string of the molecule is CCN(Cc1ccccc1)C(=O)[C@H]1NCCO[C@@H]1C. The molecule has 0 spiro atoms. The lowest BCUT2D eigenvalue weighted by Crippen LogP contribution is -2.56. The lowest BCUT2D eigenvalue weighted by atomic mass is 10.1. The molecule has 104 valence electrons. The smallest absolute Gasteiger partial charge is 0.242 e. The third-order valence-corrected chi connectivity index (χ3v) is 3.49. The first-order valence-corrected chi connectivity index (χ1v) is 6.90. The topological polar surface area (TPSA) is 41.6 Å². The van der Waals surface area contributed by atoms with Gasteiger partial charge in [0.25, 0.3) is 0 Å². The van der Waals surface area contributed by atoms with E-state index in [2.05, 4.69) is 5.32 Å². The van der Waals surface area contributed by atoms with Crippen LogP contribution in [0.25, 0.3) is 0 Å². The number of benzene rings is 1. The summed E-state index contributed by atoms with van der Waals surface area (Å²) in [6.07, 6.45) is -0.0638. The highest BCUT2D eigenvalue weighted by atomic mass is 16.5. The fourth-order valence-electron chi connectivity index (χ4n) is 2.36. The highest BCUT2D eigenvalue weighted by Crippen LogP contribution is 2.11. The molecule has 0 radical (unpaired) electrons. The van der Waals surface area contributed by atoms with Crippen molar-refractivity contribution >= 4 is 5.91 Å². The molecule has 1 fully saturated rings. The Morgan fingerprint density at radius 2 is 2.16 bits per heavy atom. The molecule has 1 N–H and O–H groups in total. The van der Waals surface area contributed by atoms with Gasteiger partial charge in [0.15, 0.2) is 0 Å². The summed E-state index contributed by atoms with van der Waals surface area (Å²) in [7, 11) is 0. The van der Waals surface area contributed by atoms with E-state index in [1.54, 1.807) is 0 Å². The summed E-state index contributed by atoms with van der Waals surface area (Å²) in [6.45, 7) is 6.74. The maximum atomic E-state index is 12.5. The Morgan fingerprint density at radius 1 is 1.42 bits per heavy atom. The molecule has 1 aromatic rings. The fourth-order valence-corrected chi connectivity index (χ4v) is 2.36. The number of rotatable bonds is 4. The predicted molar refractivity (Wildman–Crippen MR) is 74.7 cm³/mol. The zero-order valence-electron chi connectivity index (χ0n) is 11.6. The average molecular weight is 262 g/mol. The van der Waals surface area contributed by atoms with Gasteiger partial charge >= 0.3 is 0 Å². The van der Waals surface area contributed by atoms with E-state index in [1.807, 2.05) is 49.1 Å². The van der Waals surface area contributed by atoms with Crippen molar-refractivity contribution in [1.29, 1.82) is 0 Å². The Bertz CT molecular complexity index is 408. The van der Waals surface area contributed by atoms with Crippen molar-refractivity contribution in [3.63, 3.8) is 0 Å². The van der Waals surface area contributed by atoms with E-state index in [0.29, 0.717) is 19.7 Å². The van der Waals surface area contributed by atoms with Crippen LogP contribution in [-0.4, -0.2) is 42.6 Å². The van der Waals surface area contributed by atoms with E-state index >= 15 is 0 Å². The van der Waals surface area contributed by atoms with Gasteiger partial charge in [0.05, 0.1) is 12.7 Å². The molecule has 1 aliphatic rings. The van der Waals surface area contributed by atoms with Crippen LogP contribution in [0, 0.1) is 0 Å². The first kappa shape index (κ1) is 14.0. The minimum Gasteiger partial charge on any atom is -0.375 e. The number of hydrogen-bond acceptors (Lipinski definition) is 3. The first-order chi connectivity index (χ1) is 9.22. The first-order valence-electron chi connectivity index (χ1n) is 6.90. The molecule has 0 saturated carbocycles. The summed E-state index contributed by atoms with van der Waals surface area (Å²) >= 11 is 0. The Balaban J connectivity index is 2.02. The second kappa shape index (κ2) is 6.68. The Kier molecular flexibility index (Phi) is 4.93.